The van der Waals surface area contributed by atoms with Crippen molar-refractivity contribution in [1.82, 2.24) is 14.8 Å². The van der Waals surface area contributed by atoms with Gasteiger partial charge >= 0.3 is 6.09 Å². The van der Waals surface area contributed by atoms with E-state index < -0.39 is 5.60 Å². The minimum Gasteiger partial charge on any atom is -0.497 e. The summed E-state index contributed by atoms with van der Waals surface area (Å²) < 4.78 is 18.2. The molecule has 2 aromatic rings. The van der Waals surface area contributed by atoms with Gasteiger partial charge in [0.15, 0.2) is 0 Å². The number of carbonyl (C=O) groups excluding carboxylic acids is 2. The molecule has 1 saturated heterocycles. The van der Waals surface area contributed by atoms with E-state index in [-0.39, 0.29) is 24.1 Å². The summed E-state index contributed by atoms with van der Waals surface area (Å²) in [6.07, 6.45) is 3.17. The van der Waals surface area contributed by atoms with Crippen molar-refractivity contribution in [3.05, 3.63) is 47.8 Å². The Balaban J connectivity index is 1.65. The molecule has 0 radical (unpaired) electrons. The highest BCUT2D eigenvalue weighted by molar-refractivity contribution is 5.93. The van der Waals surface area contributed by atoms with Crippen LogP contribution in [0.3, 0.4) is 0 Å². The molecular weight excluding hydrogens is 422 g/mol. The van der Waals surface area contributed by atoms with Gasteiger partial charge in [0.1, 0.15) is 22.8 Å². The molecule has 0 aliphatic carbocycles. The van der Waals surface area contributed by atoms with E-state index in [1.807, 2.05) is 62.7 Å². The van der Waals surface area contributed by atoms with Crippen molar-refractivity contribution in [2.24, 2.45) is 0 Å². The first kappa shape index (κ1) is 24.5. The molecule has 1 atom stereocenters. The minimum atomic E-state index is -0.511. The minimum absolute atomic E-state index is 0.144. The van der Waals surface area contributed by atoms with Crippen LogP contribution in [0.25, 0.3) is 0 Å². The summed E-state index contributed by atoms with van der Waals surface area (Å²) in [5.41, 5.74) is 0.962. The lowest BCUT2D eigenvalue weighted by atomic mass is 10.0. The van der Waals surface area contributed by atoms with Gasteiger partial charge in [-0.3, -0.25) is 4.79 Å². The second-order valence-electron chi connectivity index (χ2n) is 9.30. The predicted molar refractivity (Wildman–Crippen MR) is 126 cm³/mol. The van der Waals surface area contributed by atoms with Gasteiger partial charge in [0.2, 0.25) is 0 Å². The Morgan fingerprint density at radius 1 is 1.09 bits per heavy atom. The van der Waals surface area contributed by atoms with Gasteiger partial charge in [-0.2, -0.15) is 0 Å². The van der Waals surface area contributed by atoms with Crippen LogP contribution in [0.15, 0.2) is 36.5 Å². The van der Waals surface area contributed by atoms with E-state index in [0.717, 1.165) is 18.4 Å². The van der Waals surface area contributed by atoms with Gasteiger partial charge in [0, 0.05) is 37.0 Å². The van der Waals surface area contributed by atoms with E-state index in [0.29, 0.717) is 30.3 Å². The molecule has 3 rings (SSSR count). The van der Waals surface area contributed by atoms with Gasteiger partial charge in [-0.15, -0.1) is 0 Å². The highest BCUT2D eigenvalue weighted by Gasteiger charge is 2.29. The number of benzene rings is 1. The maximum atomic E-state index is 13.1. The van der Waals surface area contributed by atoms with Gasteiger partial charge in [-0.05, 0) is 64.8 Å². The Morgan fingerprint density at radius 3 is 2.39 bits per heavy atom. The number of rotatable bonds is 6. The van der Waals surface area contributed by atoms with Crippen molar-refractivity contribution >= 4 is 12.0 Å². The molecule has 1 aliphatic heterocycles. The van der Waals surface area contributed by atoms with Crippen molar-refractivity contribution in [2.45, 2.75) is 58.2 Å². The molecule has 180 valence electrons. The maximum Gasteiger partial charge on any atom is 0.410 e. The number of hydrogen-bond acceptors (Lipinski definition) is 5. The molecule has 1 N–H and O–H groups in total. The number of aromatic nitrogens is 1. The smallest absolute Gasteiger partial charge is 0.410 e. The molecule has 1 aromatic heterocycles. The number of methoxy groups -OCH3 is 2. The van der Waals surface area contributed by atoms with Crippen molar-refractivity contribution in [2.75, 3.05) is 27.3 Å². The lowest BCUT2D eigenvalue weighted by molar-refractivity contribution is 0.0187. The summed E-state index contributed by atoms with van der Waals surface area (Å²) in [5, 5.41) is 3.08. The van der Waals surface area contributed by atoms with Crippen LogP contribution in [-0.2, 0) is 4.74 Å². The van der Waals surface area contributed by atoms with Gasteiger partial charge < -0.3 is 29.0 Å². The standard InChI is InChI=1S/C25H35N3O5/c1-17(20-10-9-19(31-5)16-22(20)32-6)26-23(29)21-8-7-13-28(21)18-11-14-27(15-12-18)24(30)33-25(2,3)4/h7-10,13,16-18H,11-12,14-15H2,1-6H3,(H,26,29). The monoisotopic (exact) mass is 457 g/mol. The predicted octanol–water partition coefficient (Wildman–Crippen LogP) is 4.57. The number of likely N-dealkylation sites (tertiary alicyclic amines) is 1. The number of piperidine rings is 1. The SMILES string of the molecule is COc1ccc(C(C)NC(=O)c2cccn2C2CCN(C(=O)OC(C)(C)C)CC2)c(OC)c1. The average Bonchev–Trinajstić information content (AvgIpc) is 3.27. The third-order valence-electron chi connectivity index (χ3n) is 5.78. The zero-order chi connectivity index (χ0) is 24.2. The van der Waals surface area contributed by atoms with Crippen LogP contribution < -0.4 is 14.8 Å². The fourth-order valence-electron chi connectivity index (χ4n) is 4.08. The van der Waals surface area contributed by atoms with Crippen LogP contribution in [0.4, 0.5) is 4.79 Å². The summed E-state index contributed by atoms with van der Waals surface area (Å²) in [7, 11) is 3.20. The van der Waals surface area contributed by atoms with E-state index in [9.17, 15) is 9.59 Å². The highest BCUT2D eigenvalue weighted by atomic mass is 16.6. The number of nitrogens with one attached hydrogen (secondary N) is 1. The van der Waals surface area contributed by atoms with Crippen LogP contribution >= 0.6 is 0 Å². The normalized spacial score (nSPS) is 15.6. The first-order chi connectivity index (χ1) is 15.6. The Bertz CT molecular complexity index is 971. The molecule has 8 nitrogen and oxygen atoms in total. The Kier molecular flexibility index (Phi) is 7.56. The zero-order valence-electron chi connectivity index (χ0n) is 20.4. The fraction of sp³-hybridized carbons (Fsp3) is 0.520. The lowest BCUT2D eigenvalue weighted by Gasteiger charge is -2.34. The lowest BCUT2D eigenvalue weighted by Crippen LogP contribution is -2.42. The van der Waals surface area contributed by atoms with Crippen LogP contribution in [0.5, 0.6) is 11.5 Å². The number of amides is 2. The molecule has 1 aliphatic rings. The maximum absolute atomic E-state index is 13.1. The van der Waals surface area contributed by atoms with Gasteiger partial charge in [-0.25, -0.2) is 4.79 Å². The Morgan fingerprint density at radius 2 is 1.79 bits per heavy atom. The number of nitrogens with zero attached hydrogens (tertiary/aromatic N) is 2. The number of carbonyl (C=O) groups is 2. The molecule has 0 spiro atoms. The highest BCUT2D eigenvalue weighted by Crippen LogP contribution is 2.30. The second kappa shape index (κ2) is 10.2. The largest absolute Gasteiger partial charge is 0.497 e. The summed E-state index contributed by atoms with van der Waals surface area (Å²) in [4.78, 5) is 27.2. The van der Waals surface area contributed by atoms with E-state index in [4.69, 9.17) is 14.2 Å². The van der Waals surface area contributed by atoms with Crippen molar-refractivity contribution < 1.29 is 23.8 Å². The number of hydrogen-bond donors (Lipinski definition) is 1. The van der Waals surface area contributed by atoms with Gasteiger partial charge in [0.25, 0.3) is 5.91 Å². The molecule has 1 fully saturated rings. The molecular formula is C25H35N3O5. The van der Waals surface area contributed by atoms with E-state index in [1.165, 1.54) is 0 Å². The summed E-state index contributed by atoms with van der Waals surface area (Å²) in [5.74, 6) is 1.20. The quantitative estimate of drug-likeness (QED) is 0.687. The average molecular weight is 458 g/mol. The van der Waals surface area contributed by atoms with Crippen LogP contribution in [0.1, 0.15) is 68.7 Å². The van der Waals surface area contributed by atoms with Crippen LogP contribution in [0.2, 0.25) is 0 Å². The molecule has 0 saturated carbocycles. The Hall–Kier alpha value is -3.16. The summed E-state index contributed by atoms with van der Waals surface area (Å²) >= 11 is 0. The molecule has 2 heterocycles. The molecule has 1 unspecified atom stereocenters. The second-order valence-corrected chi connectivity index (χ2v) is 9.30. The number of ether oxygens (including phenoxy) is 3. The molecule has 2 amide bonds. The van der Waals surface area contributed by atoms with Crippen LogP contribution in [-0.4, -0.2) is 54.4 Å². The topological polar surface area (TPSA) is 82.0 Å². The molecule has 1 aromatic carbocycles. The van der Waals surface area contributed by atoms with Crippen LogP contribution in [0, 0.1) is 0 Å². The molecule has 33 heavy (non-hydrogen) atoms. The molecule has 8 heteroatoms. The third-order valence-corrected chi connectivity index (χ3v) is 5.78. The van der Waals surface area contributed by atoms with E-state index in [1.54, 1.807) is 25.2 Å². The summed E-state index contributed by atoms with van der Waals surface area (Å²) in [6.45, 7) is 8.71. The zero-order valence-corrected chi connectivity index (χ0v) is 20.4. The first-order valence-electron chi connectivity index (χ1n) is 11.3. The summed E-state index contributed by atoms with van der Waals surface area (Å²) in [6, 6.07) is 9.15. The Labute approximate surface area is 195 Å². The van der Waals surface area contributed by atoms with Gasteiger partial charge in [-0.1, -0.05) is 0 Å². The van der Waals surface area contributed by atoms with E-state index in [2.05, 4.69) is 5.32 Å². The van der Waals surface area contributed by atoms with Crippen molar-refractivity contribution in [1.29, 1.82) is 0 Å². The van der Waals surface area contributed by atoms with Crippen molar-refractivity contribution in [3.63, 3.8) is 0 Å². The fourth-order valence-corrected chi connectivity index (χ4v) is 4.08. The van der Waals surface area contributed by atoms with E-state index >= 15 is 0 Å². The molecule has 0 bridgehead atoms. The van der Waals surface area contributed by atoms with Gasteiger partial charge in [0.05, 0.1) is 20.3 Å². The third kappa shape index (κ3) is 6.00. The first-order valence-corrected chi connectivity index (χ1v) is 11.3. The van der Waals surface area contributed by atoms with Crippen molar-refractivity contribution in [3.8, 4) is 11.5 Å².